The minimum atomic E-state index is -4.25. The molecule has 6 atom stereocenters. The van der Waals surface area contributed by atoms with Crippen LogP contribution in [0.5, 0.6) is 5.75 Å². The minimum absolute atomic E-state index is 0.0537. The van der Waals surface area contributed by atoms with Gasteiger partial charge in [-0.2, -0.15) is 15.1 Å². The van der Waals surface area contributed by atoms with Crippen LogP contribution in [0.1, 0.15) is 20.1 Å². The molecule has 0 aliphatic carbocycles. The molecular formula is C23H31ClN7O8P. The summed E-state index contributed by atoms with van der Waals surface area (Å²) in [5, 5.41) is 26.7. The number of carbonyl (C=O) groups is 1. The van der Waals surface area contributed by atoms with E-state index in [0.717, 1.165) is 0 Å². The summed E-state index contributed by atoms with van der Waals surface area (Å²) in [6.45, 7) is 1.97. The molecule has 0 spiro atoms. The van der Waals surface area contributed by atoms with Gasteiger partial charge in [-0.3, -0.25) is 13.9 Å². The van der Waals surface area contributed by atoms with Crippen molar-refractivity contribution in [3.05, 3.63) is 36.7 Å². The van der Waals surface area contributed by atoms with Crippen molar-refractivity contribution in [2.45, 2.75) is 43.2 Å². The maximum absolute atomic E-state index is 13.8. The molecule has 1 fully saturated rings. The summed E-state index contributed by atoms with van der Waals surface area (Å²) in [5.74, 6) is -0.175. The van der Waals surface area contributed by atoms with Crippen LogP contribution in [0.4, 0.5) is 11.8 Å². The van der Waals surface area contributed by atoms with Crippen molar-refractivity contribution in [3.8, 4) is 5.75 Å². The minimum Gasteiger partial charge on any atom is -0.465 e. The van der Waals surface area contributed by atoms with Crippen molar-refractivity contribution >= 4 is 48.2 Å². The highest BCUT2D eigenvalue weighted by atomic mass is 35.5. The second-order valence-corrected chi connectivity index (χ2v) is 11.3. The van der Waals surface area contributed by atoms with Crippen LogP contribution in [-0.2, 0) is 23.4 Å². The zero-order chi connectivity index (χ0) is 29.1. The summed E-state index contributed by atoms with van der Waals surface area (Å²) in [6.07, 6.45) is -2.56. The average molecular weight is 600 g/mol. The van der Waals surface area contributed by atoms with E-state index >= 15 is 0 Å². The van der Waals surface area contributed by atoms with Gasteiger partial charge in [-0.05, 0) is 26.0 Å². The van der Waals surface area contributed by atoms with E-state index in [1.807, 2.05) is 0 Å². The quantitative estimate of drug-likeness (QED) is 0.113. The van der Waals surface area contributed by atoms with E-state index in [2.05, 4.69) is 25.4 Å². The van der Waals surface area contributed by atoms with Gasteiger partial charge in [-0.1, -0.05) is 18.2 Å². The standard InChI is InChI=1S/C23H31ClN7O8P/c1-4-36-20(34)13(2)30-40(35,39-14-8-6-5-7-9-14)37-10-15-17(33)23(24,11-32)21(38-15)31-12-27-16-18(26-3)28-22(25)29-19(16)31/h5-9,12-13,15,17,21,32-33H,4,10-11H2,1-3H3,(H,30,35)(H3,25,26,28,29)/t13-,15+,17+,21+,23+,40+/m0/s1. The van der Waals surface area contributed by atoms with Crippen LogP contribution >= 0.6 is 19.3 Å². The fourth-order valence-corrected chi connectivity index (χ4v) is 5.92. The molecule has 4 rings (SSSR count). The number of hydrogen-bond donors (Lipinski definition) is 5. The number of aromatic nitrogens is 4. The number of halogens is 1. The summed E-state index contributed by atoms with van der Waals surface area (Å²) in [4.78, 5) is 23.0. The van der Waals surface area contributed by atoms with Gasteiger partial charge in [-0.15, -0.1) is 11.6 Å². The Morgan fingerprint density at radius 3 is 2.73 bits per heavy atom. The summed E-state index contributed by atoms with van der Waals surface area (Å²) in [7, 11) is -2.62. The third-order valence-corrected chi connectivity index (χ3v) is 8.27. The molecule has 15 nitrogen and oxygen atoms in total. The number of para-hydroxylation sites is 1. The number of ether oxygens (including phenoxy) is 2. The molecule has 40 heavy (non-hydrogen) atoms. The number of nitrogens with zero attached hydrogens (tertiary/aromatic N) is 4. The zero-order valence-corrected chi connectivity index (χ0v) is 23.6. The lowest BCUT2D eigenvalue weighted by molar-refractivity contribution is -0.144. The SMILES string of the molecule is CCOC(=O)[C@H](C)N[P@@](=O)(OC[C@H]1O[C@@H](n2cnc3c(NC)nc(N)nc32)[C@@](Cl)(CO)[C@@H]1O)Oc1ccccc1. The number of anilines is 2. The van der Waals surface area contributed by atoms with Gasteiger partial charge in [-0.25, -0.2) is 9.55 Å². The summed E-state index contributed by atoms with van der Waals surface area (Å²) < 4.78 is 37.4. The van der Waals surface area contributed by atoms with Crippen LogP contribution < -0.4 is 20.7 Å². The second kappa shape index (κ2) is 12.2. The van der Waals surface area contributed by atoms with E-state index in [9.17, 15) is 19.6 Å². The van der Waals surface area contributed by atoms with Crippen LogP contribution in [0.15, 0.2) is 36.7 Å². The van der Waals surface area contributed by atoms with Crippen molar-refractivity contribution in [3.63, 3.8) is 0 Å². The van der Waals surface area contributed by atoms with Crippen LogP contribution in [-0.4, -0.2) is 85.7 Å². The lowest BCUT2D eigenvalue weighted by Crippen LogP contribution is -2.45. The van der Waals surface area contributed by atoms with E-state index in [1.54, 1.807) is 44.3 Å². The molecule has 1 aliphatic heterocycles. The summed E-state index contributed by atoms with van der Waals surface area (Å²) in [6, 6.07) is 7.11. The first-order chi connectivity index (χ1) is 19.0. The number of aliphatic hydroxyl groups is 2. The molecule has 6 N–H and O–H groups in total. The number of alkyl halides is 1. The number of fused-ring (bicyclic) bond motifs is 1. The first-order valence-electron chi connectivity index (χ1n) is 12.3. The number of nitrogens with two attached hydrogens (primary N) is 1. The van der Waals surface area contributed by atoms with E-state index in [0.29, 0.717) is 11.3 Å². The first kappa shape index (κ1) is 29.9. The molecule has 0 unspecified atom stereocenters. The lowest BCUT2D eigenvalue weighted by atomic mass is 9.99. The Hall–Kier alpha value is -3.04. The number of hydrogen-bond acceptors (Lipinski definition) is 13. The third-order valence-electron chi connectivity index (χ3n) is 6.10. The van der Waals surface area contributed by atoms with Gasteiger partial charge in [0.2, 0.25) is 5.95 Å². The van der Waals surface area contributed by atoms with Crippen molar-refractivity contribution in [2.75, 3.05) is 37.9 Å². The molecule has 1 aromatic carbocycles. The summed E-state index contributed by atoms with van der Waals surface area (Å²) in [5.41, 5.74) is 6.42. The smallest absolute Gasteiger partial charge is 0.459 e. The molecule has 1 saturated heterocycles. The van der Waals surface area contributed by atoms with Gasteiger partial charge >= 0.3 is 13.7 Å². The largest absolute Gasteiger partial charge is 0.465 e. The van der Waals surface area contributed by atoms with Crippen LogP contribution in [0.2, 0.25) is 0 Å². The van der Waals surface area contributed by atoms with Gasteiger partial charge in [0.05, 0.1) is 26.1 Å². The van der Waals surface area contributed by atoms with Crippen molar-refractivity contribution < 1.29 is 38.1 Å². The van der Waals surface area contributed by atoms with Gasteiger partial charge in [0.1, 0.15) is 28.9 Å². The highest BCUT2D eigenvalue weighted by molar-refractivity contribution is 7.52. The highest BCUT2D eigenvalue weighted by Gasteiger charge is 2.57. The molecular weight excluding hydrogens is 569 g/mol. The van der Waals surface area contributed by atoms with E-state index in [4.69, 9.17) is 35.9 Å². The topological polar surface area (TPSA) is 205 Å². The number of aliphatic hydroxyl groups excluding tert-OH is 2. The Balaban J connectivity index is 1.59. The Morgan fingerprint density at radius 1 is 1.35 bits per heavy atom. The molecule has 0 saturated carbocycles. The fourth-order valence-electron chi connectivity index (χ4n) is 4.13. The lowest BCUT2D eigenvalue weighted by Gasteiger charge is -2.28. The van der Waals surface area contributed by atoms with Crippen molar-refractivity contribution in [1.82, 2.24) is 24.6 Å². The van der Waals surface area contributed by atoms with Crippen LogP contribution in [0.25, 0.3) is 11.2 Å². The Bertz CT molecular complexity index is 1380. The predicted octanol–water partition coefficient (Wildman–Crippen LogP) is 1.42. The number of esters is 1. The normalized spacial score (nSPS) is 24.9. The Kier molecular flexibility index (Phi) is 9.15. The van der Waals surface area contributed by atoms with Crippen LogP contribution in [0, 0.1) is 0 Å². The van der Waals surface area contributed by atoms with E-state index in [1.165, 1.54) is 17.8 Å². The van der Waals surface area contributed by atoms with Gasteiger partial charge in [0.25, 0.3) is 0 Å². The Morgan fingerprint density at radius 2 is 2.08 bits per heavy atom. The number of nitrogens with one attached hydrogen (secondary N) is 2. The van der Waals surface area contributed by atoms with Crippen molar-refractivity contribution in [2.24, 2.45) is 0 Å². The second-order valence-electron chi connectivity index (χ2n) is 8.86. The maximum Gasteiger partial charge on any atom is 0.459 e. The zero-order valence-electron chi connectivity index (χ0n) is 21.9. The molecule has 218 valence electrons. The fraction of sp³-hybridized carbons (Fsp3) is 0.478. The molecule has 2 aromatic heterocycles. The molecule has 0 amide bonds. The van der Waals surface area contributed by atoms with Gasteiger partial charge in [0.15, 0.2) is 23.2 Å². The molecule has 0 bridgehead atoms. The predicted molar refractivity (Wildman–Crippen MR) is 145 cm³/mol. The molecule has 17 heteroatoms. The van der Waals surface area contributed by atoms with E-state index in [-0.39, 0.29) is 24.0 Å². The number of imidazole rings is 1. The van der Waals surface area contributed by atoms with Crippen LogP contribution in [0.3, 0.4) is 0 Å². The summed E-state index contributed by atoms with van der Waals surface area (Å²) >= 11 is 6.72. The van der Waals surface area contributed by atoms with Gasteiger partial charge in [0, 0.05) is 7.05 Å². The molecule has 3 aromatic rings. The first-order valence-corrected chi connectivity index (χ1v) is 14.2. The molecule has 3 heterocycles. The number of benzene rings is 1. The maximum atomic E-state index is 13.8. The van der Waals surface area contributed by atoms with E-state index < -0.39 is 56.3 Å². The molecule has 0 radical (unpaired) electrons. The third kappa shape index (κ3) is 6.00. The number of nitrogen functional groups attached to an aromatic ring is 1. The molecule has 1 aliphatic rings. The van der Waals surface area contributed by atoms with Gasteiger partial charge < -0.3 is 35.3 Å². The monoisotopic (exact) mass is 599 g/mol. The average Bonchev–Trinajstić information content (AvgIpc) is 3.46. The number of carbonyl (C=O) groups excluding carboxylic acids is 1. The Labute approximate surface area is 234 Å². The number of rotatable bonds is 12. The van der Waals surface area contributed by atoms with Crippen molar-refractivity contribution in [1.29, 1.82) is 0 Å². The highest BCUT2D eigenvalue weighted by Crippen LogP contribution is 2.48.